The minimum atomic E-state index is -0.0576. The van der Waals surface area contributed by atoms with E-state index in [1.54, 1.807) is 7.11 Å². The molecule has 4 nitrogen and oxygen atoms in total. The molecule has 0 fully saturated rings. The number of para-hydroxylation sites is 3. The summed E-state index contributed by atoms with van der Waals surface area (Å²) in [5, 5.41) is 2.85. The van der Waals surface area contributed by atoms with Gasteiger partial charge in [0.15, 0.2) is 0 Å². The Morgan fingerprint density at radius 3 is 2.60 bits per heavy atom. The summed E-state index contributed by atoms with van der Waals surface area (Å²) in [6.45, 7) is 0. The van der Waals surface area contributed by atoms with Gasteiger partial charge in [-0.2, -0.15) is 0 Å². The molecule has 0 unspecified atom stereocenters. The van der Waals surface area contributed by atoms with Crippen molar-refractivity contribution in [3.8, 4) is 5.75 Å². The van der Waals surface area contributed by atoms with Gasteiger partial charge in [-0.05, 0) is 30.2 Å². The van der Waals surface area contributed by atoms with Crippen molar-refractivity contribution in [2.24, 2.45) is 0 Å². The Bertz CT molecular complexity index is 597. The number of methoxy groups -OCH3 is 1. The maximum Gasteiger partial charge on any atom is 0.224 e. The second-order valence-corrected chi connectivity index (χ2v) is 4.45. The van der Waals surface area contributed by atoms with Crippen LogP contribution in [0.1, 0.15) is 12.0 Å². The monoisotopic (exact) mass is 270 g/mol. The number of anilines is 2. The van der Waals surface area contributed by atoms with Gasteiger partial charge in [0, 0.05) is 12.1 Å². The molecule has 0 radical (unpaired) electrons. The lowest BCUT2D eigenvalue weighted by Crippen LogP contribution is -2.13. The van der Waals surface area contributed by atoms with Crippen molar-refractivity contribution in [1.82, 2.24) is 0 Å². The van der Waals surface area contributed by atoms with Crippen LogP contribution < -0.4 is 15.8 Å². The molecule has 0 atom stereocenters. The van der Waals surface area contributed by atoms with Gasteiger partial charge in [0.1, 0.15) is 5.75 Å². The van der Waals surface area contributed by atoms with Crippen molar-refractivity contribution in [2.75, 3.05) is 18.2 Å². The zero-order valence-corrected chi connectivity index (χ0v) is 11.4. The van der Waals surface area contributed by atoms with Crippen LogP contribution in [0.15, 0.2) is 48.5 Å². The molecule has 0 bridgehead atoms. The summed E-state index contributed by atoms with van der Waals surface area (Å²) >= 11 is 0. The number of carbonyl (C=O) groups excluding carboxylic acids is 1. The number of amides is 1. The molecule has 0 aliphatic carbocycles. The van der Waals surface area contributed by atoms with Crippen LogP contribution in [0.3, 0.4) is 0 Å². The van der Waals surface area contributed by atoms with E-state index in [0.717, 1.165) is 11.3 Å². The summed E-state index contributed by atoms with van der Waals surface area (Å²) in [5.74, 6) is 0.595. The lowest BCUT2D eigenvalue weighted by Gasteiger charge is -2.10. The first-order valence-electron chi connectivity index (χ1n) is 6.47. The van der Waals surface area contributed by atoms with Crippen molar-refractivity contribution in [3.63, 3.8) is 0 Å². The fourth-order valence-electron chi connectivity index (χ4n) is 1.97. The molecule has 2 aromatic carbocycles. The smallest absolute Gasteiger partial charge is 0.224 e. The molecule has 0 heterocycles. The van der Waals surface area contributed by atoms with Crippen LogP contribution in [-0.4, -0.2) is 13.0 Å². The van der Waals surface area contributed by atoms with E-state index < -0.39 is 0 Å². The van der Waals surface area contributed by atoms with Gasteiger partial charge in [-0.25, -0.2) is 0 Å². The highest BCUT2D eigenvalue weighted by molar-refractivity contribution is 5.92. The Morgan fingerprint density at radius 1 is 1.15 bits per heavy atom. The highest BCUT2D eigenvalue weighted by Gasteiger charge is 2.07. The first kappa shape index (κ1) is 13.9. The zero-order chi connectivity index (χ0) is 14.4. The number of benzene rings is 2. The van der Waals surface area contributed by atoms with Crippen LogP contribution in [0.25, 0.3) is 0 Å². The van der Waals surface area contributed by atoms with Crippen LogP contribution in [0.2, 0.25) is 0 Å². The third-order valence-electron chi connectivity index (χ3n) is 3.06. The third-order valence-corrected chi connectivity index (χ3v) is 3.06. The predicted octanol–water partition coefficient (Wildman–Crippen LogP) is 2.85. The Kier molecular flexibility index (Phi) is 4.60. The topological polar surface area (TPSA) is 64.3 Å². The largest absolute Gasteiger partial charge is 0.495 e. The average molecular weight is 270 g/mol. The van der Waals surface area contributed by atoms with Crippen LogP contribution in [0, 0.1) is 0 Å². The SMILES string of the molecule is COc1ccccc1NC(=O)CCc1ccccc1N. The number of hydrogen-bond donors (Lipinski definition) is 2. The summed E-state index contributed by atoms with van der Waals surface area (Å²) < 4.78 is 5.19. The number of hydrogen-bond acceptors (Lipinski definition) is 3. The van der Waals surface area contributed by atoms with E-state index in [4.69, 9.17) is 10.5 Å². The van der Waals surface area contributed by atoms with Gasteiger partial charge in [0.25, 0.3) is 0 Å². The molecule has 0 aliphatic rings. The number of nitrogens with one attached hydrogen (secondary N) is 1. The Balaban J connectivity index is 1.95. The molecule has 0 aromatic heterocycles. The number of nitrogens with two attached hydrogens (primary N) is 1. The first-order valence-corrected chi connectivity index (χ1v) is 6.47. The molecular weight excluding hydrogens is 252 g/mol. The summed E-state index contributed by atoms with van der Waals surface area (Å²) in [6.07, 6.45) is 1.000. The minimum absolute atomic E-state index is 0.0576. The van der Waals surface area contributed by atoms with Crippen LogP contribution in [0.4, 0.5) is 11.4 Å². The Morgan fingerprint density at radius 2 is 1.85 bits per heavy atom. The average Bonchev–Trinajstić information content (AvgIpc) is 2.47. The van der Waals surface area contributed by atoms with Crippen LogP contribution in [-0.2, 0) is 11.2 Å². The molecule has 0 aliphatic heterocycles. The van der Waals surface area contributed by atoms with Crippen molar-refractivity contribution in [2.45, 2.75) is 12.8 Å². The number of ether oxygens (including phenoxy) is 1. The highest BCUT2D eigenvalue weighted by atomic mass is 16.5. The van der Waals surface area contributed by atoms with Crippen LogP contribution >= 0.6 is 0 Å². The van der Waals surface area contributed by atoms with Crippen molar-refractivity contribution in [3.05, 3.63) is 54.1 Å². The highest BCUT2D eigenvalue weighted by Crippen LogP contribution is 2.23. The van der Waals surface area contributed by atoms with E-state index in [0.29, 0.717) is 24.3 Å². The molecule has 0 spiro atoms. The van der Waals surface area contributed by atoms with Gasteiger partial charge < -0.3 is 15.8 Å². The molecule has 0 saturated heterocycles. The number of nitrogen functional groups attached to an aromatic ring is 1. The molecule has 4 heteroatoms. The number of aryl methyl sites for hydroxylation is 1. The maximum absolute atomic E-state index is 12.0. The lowest BCUT2D eigenvalue weighted by molar-refractivity contribution is -0.116. The fraction of sp³-hybridized carbons (Fsp3) is 0.188. The van der Waals surface area contributed by atoms with E-state index in [1.165, 1.54) is 0 Å². The standard InChI is InChI=1S/C16H18N2O2/c1-20-15-9-5-4-8-14(15)18-16(19)11-10-12-6-2-3-7-13(12)17/h2-9H,10-11,17H2,1H3,(H,18,19). The number of rotatable bonds is 5. The maximum atomic E-state index is 12.0. The van der Waals surface area contributed by atoms with Crippen molar-refractivity contribution in [1.29, 1.82) is 0 Å². The third kappa shape index (κ3) is 3.51. The predicted molar refractivity (Wildman–Crippen MR) is 80.8 cm³/mol. The van der Waals surface area contributed by atoms with Gasteiger partial charge >= 0.3 is 0 Å². The minimum Gasteiger partial charge on any atom is -0.495 e. The van der Waals surface area contributed by atoms with Gasteiger partial charge in [-0.15, -0.1) is 0 Å². The van der Waals surface area contributed by atoms with E-state index in [2.05, 4.69) is 5.32 Å². The van der Waals surface area contributed by atoms with Crippen LogP contribution in [0.5, 0.6) is 5.75 Å². The molecule has 104 valence electrons. The molecule has 20 heavy (non-hydrogen) atoms. The molecular formula is C16H18N2O2. The summed E-state index contributed by atoms with van der Waals surface area (Å²) in [7, 11) is 1.58. The molecule has 2 rings (SSSR count). The normalized spacial score (nSPS) is 10.1. The van der Waals surface area contributed by atoms with Gasteiger partial charge in [0.05, 0.1) is 12.8 Å². The lowest BCUT2D eigenvalue weighted by atomic mass is 10.1. The van der Waals surface area contributed by atoms with E-state index in [1.807, 2.05) is 48.5 Å². The summed E-state index contributed by atoms with van der Waals surface area (Å²) in [4.78, 5) is 12.0. The quantitative estimate of drug-likeness (QED) is 0.821. The fourth-order valence-corrected chi connectivity index (χ4v) is 1.97. The van der Waals surface area contributed by atoms with E-state index >= 15 is 0 Å². The second-order valence-electron chi connectivity index (χ2n) is 4.45. The first-order chi connectivity index (χ1) is 9.70. The second kappa shape index (κ2) is 6.61. The molecule has 0 saturated carbocycles. The van der Waals surface area contributed by atoms with Crippen molar-refractivity contribution < 1.29 is 9.53 Å². The molecule has 3 N–H and O–H groups in total. The summed E-state index contributed by atoms with van der Waals surface area (Å²) in [5.41, 5.74) is 8.24. The molecule has 1 amide bonds. The van der Waals surface area contributed by atoms with Gasteiger partial charge in [-0.1, -0.05) is 30.3 Å². The Hall–Kier alpha value is -2.49. The zero-order valence-electron chi connectivity index (χ0n) is 11.4. The van der Waals surface area contributed by atoms with Gasteiger partial charge in [-0.3, -0.25) is 4.79 Å². The van der Waals surface area contributed by atoms with E-state index in [-0.39, 0.29) is 5.91 Å². The Labute approximate surface area is 118 Å². The van der Waals surface area contributed by atoms with Gasteiger partial charge in [0.2, 0.25) is 5.91 Å². The summed E-state index contributed by atoms with van der Waals surface area (Å²) in [6, 6.07) is 14.9. The van der Waals surface area contributed by atoms with Crippen molar-refractivity contribution >= 4 is 17.3 Å². The molecule has 2 aromatic rings. The van der Waals surface area contributed by atoms with E-state index in [9.17, 15) is 4.79 Å². The number of carbonyl (C=O) groups is 1.